The summed E-state index contributed by atoms with van der Waals surface area (Å²) in [5.74, 6) is -2.28. The quantitative estimate of drug-likeness (QED) is 0.394. The first kappa shape index (κ1) is 16.4. The van der Waals surface area contributed by atoms with Gasteiger partial charge in [0.05, 0.1) is 23.7 Å². The van der Waals surface area contributed by atoms with Crippen LogP contribution in [0.25, 0.3) is 0 Å². The predicted octanol–water partition coefficient (Wildman–Crippen LogP) is 0.627. The number of para-hydroxylation sites is 1. The molecular formula is C12H14N2O7. The number of aromatic carboxylic acids is 1. The summed E-state index contributed by atoms with van der Waals surface area (Å²) in [6, 6.07) is 2.11. The monoisotopic (exact) mass is 298 g/mol. The second-order valence-electron chi connectivity index (χ2n) is 4.15. The number of nitrogens with one attached hydrogen (secondary N) is 1. The average molecular weight is 298 g/mol. The SMILES string of the molecule is COC(=O)C(Nc1c(C(=O)O)cccc1[N+](=O)[O-])C(C)O. The van der Waals surface area contributed by atoms with Crippen molar-refractivity contribution in [3.05, 3.63) is 33.9 Å². The molecule has 0 aromatic heterocycles. The molecule has 0 radical (unpaired) electrons. The maximum atomic E-state index is 11.6. The smallest absolute Gasteiger partial charge is 0.338 e. The van der Waals surface area contributed by atoms with E-state index in [4.69, 9.17) is 5.11 Å². The molecule has 2 unspecified atom stereocenters. The highest BCUT2D eigenvalue weighted by Gasteiger charge is 2.30. The molecule has 21 heavy (non-hydrogen) atoms. The Morgan fingerprint density at radius 3 is 2.48 bits per heavy atom. The number of esters is 1. The lowest BCUT2D eigenvalue weighted by molar-refractivity contribution is -0.384. The second-order valence-corrected chi connectivity index (χ2v) is 4.15. The van der Waals surface area contributed by atoms with Crippen molar-refractivity contribution in [3.63, 3.8) is 0 Å². The number of nitrogens with zero attached hydrogens (tertiary/aromatic N) is 1. The fourth-order valence-electron chi connectivity index (χ4n) is 1.68. The molecule has 0 spiro atoms. The molecule has 1 rings (SSSR count). The third-order valence-corrected chi connectivity index (χ3v) is 2.71. The van der Waals surface area contributed by atoms with E-state index in [0.29, 0.717) is 0 Å². The summed E-state index contributed by atoms with van der Waals surface area (Å²) in [5.41, 5.74) is -1.28. The van der Waals surface area contributed by atoms with Gasteiger partial charge in [0.25, 0.3) is 5.69 Å². The largest absolute Gasteiger partial charge is 0.478 e. The van der Waals surface area contributed by atoms with Crippen LogP contribution in [0.4, 0.5) is 11.4 Å². The van der Waals surface area contributed by atoms with Crippen LogP contribution in [0.3, 0.4) is 0 Å². The van der Waals surface area contributed by atoms with Crippen LogP contribution in [-0.4, -0.2) is 46.3 Å². The number of hydrogen-bond acceptors (Lipinski definition) is 7. The number of nitro groups is 1. The van der Waals surface area contributed by atoms with Gasteiger partial charge in [0.2, 0.25) is 0 Å². The molecule has 1 aromatic carbocycles. The fraction of sp³-hybridized carbons (Fsp3) is 0.333. The van der Waals surface area contributed by atoms with Gasteiger partial charge in [-0.2, -0.15) is 0 Å². The number of benzene rings is 1. The Morgan fingerprint density at radius 1 is 1.43 bits per heavy atom. The molecular weight excluding hydrogens is 284 g/mol. The number of rotatable bonds is 6. The highest BCUT2D eigenvalue weighted by molar-refractivity contribution is 5.98. The molecule has 0 bridgehead atoms. The molecule has 1 aromatic rings. The van der Waals surface area contributed by atoms with Crippen LogP contribution < -0.4 is 5.32 Å². The molecule has 9 nitrogen and oxygen atoms in total. The molecule has 9 heteroatoms. The highest BCUT2D eigenvalue weighted by Crippen LogP contribution is 2.29. The van der Waals surface area contributed by atoms with Crippen molar-refractivity contribution in [2.24, 2.45) is 0 Å². The topological polar surface area (TPSA) is 139 Å². The van der Waals surface area contributed by atoms with Crippen molar-refractivity contribution < 1.29 is 29.5 Å². The molecule has 114 valence electrons. The summed E-state index contributed by atoms with van der Waals surface area (Å²) >= 11 is 0. The van der Waals surface area contributed by atoms with Gasteiger partial charge < -0.3 is 20.3 Å². The Morgan fingerprint density at radius 2 is 2.05 bits per heavy atom. The molecule has 0 fully saturated rings. The Kier molecular flexibility index (Phi) is 5.19. The van der Waals surface area contributed by atoms with Crippen molar-refractivity contribution in [1.82, 2.24) is 0 Å². The third-order valence-electron chi connectivity index (χ3n) is 2.71. The van der Waals surface area contributed by atoms with Crippen LogP contribution >= 0.6 is 0 Å². The van der Waals surface area contributed by atoms with E-state index in [2.05, 4.69) is 10.1 Å². The normalized spacial score (nSPS) is 13.1. The lowest BCUT2D eigenvalue weighted by atomic mass is 10.1. The molecule has 0 heterocycles. The summed E-state index contributed by atoms with van der Waals surface area (Å²) in [5, 5.41) is 32.0. The van der Waals surface area contributed by atoms with E-state index in [-0.39, 0.29) is 5.69 Å². The van der Waals surface area contributed by atoms with Crippen LogP contribution in [0.1, 0.15) is 17.3 Å². The zero-order chi connectivity index (χ0) is 16.2. The molecule has 0 aliphatic carbocycles. The van der Waals surface area contributed by atoms with Gasteiger partial charge in [-0.1, -0.05) is 6.07 Å². The van der Waals surface area contributed by atoms with Crippen molar-refractivity contribution in [3.8, 4) is 0 Å². The van der Waals surface area contributed by atoms with E-state index in [1.807, 2.05) is 0 Å². The van der Waals surface area contributed by atoms with Crippen molar-refractivity contribution >= 4 is 23.3 Å². The molecule has 0 aliphatic heterocycles. The molecule has 3 N–H and O–H groups in total. The van der Waals surface area contributed by atoms with Gasteiger partial charge in [0.15, 0.2) is 6.04 Å². The van der Waals surface area contributed by atoms with Gasteiger partial charge in [0, 0.05) is 6.07 Å². The number of nitro benzene ring substituents is 1. The molecule has 0 saturated heterocycles. The van der Waals surface area contributed by atoms with E-state index < -0.39 is 40.3 Å². The number of hydrogen-bond donors (Lipinski definition) is 3. The number of carboxylic acid groups (broad SMARTS) is 1. The van der Waals surface area contributed by atoms with E-state index >= 15 is 0 Å². The number of ether oxygens (including phenoxy) is 1. The zero-order valence-electron chi connectivity index (χ0n) is 11.3. The summed E-state index contributed by atoms with van der Waals surface area (Å²) in [7, 11) is 1.08. The lowest BCUT2D eigenvalue weighted by Gasteiger charge is -2.20. The van der Waals surface area contributed by atoms with Crippen molar-refractivity contribution in [2.75, 3.05) is 12.4 Å². The summed E-state index contributed by atoms with van der Waals surface area (Å²) in [6.07, 6.45) is -1.25. The van der Waals surface area contributed by atoms with E-state index in [1.54, 1.807) is 0 Å². The van der Waals surface area contributed by atoms with E-state index in [0.717, 1.165) is 19.2 Å². The molecule has 0 amide bonds. The highest BCUT2D eigenvalue weighted by atomic mass is 16.6. The van der Waals surface area contributed by atoms with E-state index in [1.165, 1.54) is 13.0 Å². The minimum absolute atomic E-state index is 0.369. The molecule has 0 saturated carbocycles. The first-order valence-electron chi connectivity index (χ1n) is 5.82. The average Bonchev–Trinajstić information content (AvgIpc) is 2.42. The van der Waals surface area contributed by atoms with Gasteiger partial charge >= 0.3 is 11.9 Å². The van der Waals surface area contributed by atoms with E-state index in [9.17, 15) is 24.8 Å². The minimum atomic E-state index is -1.41. The van der Waals surface area contributed by atoms with Crippen LogP contribution in [0, 0.1) is 10.1 Å². The first-order chi connectivity index (χ1) is 9.79. The van der Waals surface area contributed by atoms with Crippen LogP contribution in [0.5, 0.6) is 0 Å². The Balaban J connectivity index is 3.35. The standard InChI is InChI=1S/C12H14N2O7/c1-6(15)9(12(18)21-2)13-10-7(11(16)17)4-3-5-8(10)14(19)20/h3-6,9,13,15H,1-2H3,(H,16,17). The predicted molar refractivity (Wildman–Crippen MR) is 71.2 cm³/mol. The Labute approximate surface area is 119 Å². The van der Waals surface area contributed by atoms with Crippen LogP contribution in [0.15, 0.2) is 18.2 Å². The Hall–Kier alpha value is -2.68. The van der Waals surface area contributed by atoms with Gasteiger partial charge in [-0.25, -0.2) is 9.59 Å². The lowest BCUT2D eigenvalue weighted by Crippen LogP contribution is -2.40. The molecule has 2 atom stereocenters. The zero-order valence-corrected chi connectivity index (χ0v) is 11.3. The Bertz CT molecular complexity index is 538. The number of methoxy groups -OCH3 is 1. The number of carbonyl (C=O) groups excluding carboxylic acids is 1. The van der Waals surface area contributed by atoms with Gasteiger partial charge in [-0.3, -0.25) is 10.1 Å². The maximum absolute atomic E-state index is 11.6. The number of carbonyl (C=O) groups is 2. The van der Waals surface area contributed by atoms with Gasteiger partial charge in [-0.15, -0.1) is 0 Å². The molecule has 0 aliphatic rings. The summed E-state index contributed by atoms with van der Waals surface area (Å²) < 4.78 is 4.47. The van der Waals surface area contributed by atoms with Gasteiger partial charge in [-0.05, 0) is 13.0 Å². The number of carboxylic acids is 1. The van der Waals surface area contributed by atoms with Crippen LogP contribution in [0.2, 0.25) is 0 Å². The first-order valence-corrected chi connectivity index (χ1v) is 5.82. The number of aliphatic hydroxyl groups is 1. The number of anilines is 1. The van der Waals surface area contributed by atoms with Crippen molar-refractivity contribution in [1.29, 1.82) is 0 Å². The van der Waals surface area contributed by atoms with Gasteiger partial charge in [0.1, 0.15) is 5.69 Å². The fourth-order valence-corrected chi connectivity index (χ4v) is 1.68. The van der Waals surface area contributed by atoms with Crippen LogP contribution in [-0.2, 0) is 9.53 Å². The van der Waals surface area contributed by atoms with Crippen molar-refractivity contribution in [2.45, 2.75) is 19.1 Å². The minimum Gasteiger partial charge on any atom is -0.478 e. The second kappa shape index (κ2) is 6.66. The number of aliphatic hydroxyl groups excluding tert-OH is 1. The summed E-state index contributed by atoms with van der Waals surface area (Å²) in [4.78, 5) is 32.9. The maximum Gasteiger partial charge on any atom is 0.338 e. The summed E-state index contributed by atoms with van der Waals surface area (Å²) in [6.45, 7) is 1.27. The third kappa shape index (κ3) is 3.66.